The molecule has 14 heavy (non-hydrogen) atoms. The smallest absolute Gasteiger partial charge is 0.240 e. The van der Waals surface area contributed by atoms with Crippen LogP contribution in [-0.4, -0.2) is 21.4 Å². The predicted molar refractivity (Wildman–Crippen MR) is 51.1 cm³/mol. The molecule has 1 aromatic carbocycles. The van der Waals surface area contributed by atoms with Crippen molar-refractivity contribution in [2.24, 2.45) is 0 Å². The number of carbonyl (C=O) groups is 1. The summed E-state index contributed by atoms with van der Waals surface area (Å²) in [5.74, 6) is 0.226. The number of hydrogen-bond donors (Lipinski definition) is 2. The minimum atomic E-state index is -0.265. The number of aromatic amines is 1. The zero-order valence-corrected chi connectivity index (χ0v) is 7.27. The van der Waals surface area contributed by atoms with Crippen LogP contribution < -0.4 is 0 Å². The van der Waals surface area contributed by atoms with Gasteiger partial charge >= 0.3 is 0 Å². The molecule has 70 valence electrons. The number of nitrogens with zero attached hydrogens (tertiary/aromatic N) is 1. The van der Waals surface area contributed by atoms with Gasteiger partial charge in [-0.15, -0.1) is 0 Å². The fourth-order valence-electron chi connectivity index (χ4n) is 1.19. The van der Waals surface area contributed by atoms with Gasteiger partial charge < -0.3 is 10.1 Å². The average molecular weight is 188 g/mol. The van der Waals surface area contributed by atoms with Crippen molar-refractivity contribution in [2.75, 3.05) is 0 Å². The number of hydrogen-bond acceptors (Lipinski definition) is 3. The molecule has 0 aliphatic heterocycles. The van der Waals surface area contributed by atoms with E-state index in [9.17, 15) is 9.90 Å². The Kier molecular flexibility index (Phi) is 2.02. The van der Waals surface area contributed by atoms with Crippen LogP contribution in [0.15, 0.2) is 30.3 Å². The van der Waals surface area contributed by atoms with E-state index in [2.05, 4.69) is 9.97 Å². The van der Waals surface area contributed by atoms with Gasteiger partial charge in [0.15, 0.2) is 6.29 Å². The quantitative estimate of drug-likeness (QED) is 0.703. The van der Waals surface area contributed by atoms with Gasteiger partial charge in [0.1, 0.15) is 11.5 Å². The third-order valence-electron chi connectivity index (χ3n) is 1.88. The van der Waals surface area contributed by atoms with Gasteiger partial charge in [0.2, 0.25) is 5.88 Å². The van der Waals surface area contributed by atoms with E-state index >= 15 is 0 Å². The Morgan fingerprint density at radius 1 is 1.29 bits per heavy atom. The predicted octanol–water partition coefficient (Wildman–Crippen LogP) is 1.59. The average Bonchev–Trinajstić information content (AvgIpc) is 2.61. The lowest BCUT2D eigenvalue weighted by atomic mass is 10.2. The Morgan fingerprint density at radius 2 is 2.00 bits per heavy atom. The lowest BCUT2D eigenvalue weighted by molar-refractivity contribution is 0.111. The van der Waals surface area contributed by atoms with E-state index in [4.69, 9.17) is 0 Å². The minimum Gasteiger partial charge on any atom is -0.492 e. The van der Waals surface area contributed by atoms with Crippen molar-refractivity contribution >= 4 is 6.29 Å². The molecule has 2 rings (SSSR count). The first-order valence-corrected chi connectivity index (χ1v) is 4.11. The maximum absolute atomic E-state index is 10.4. The van der Waals surface area contributed by atoms with Crippen LogP contribution in [0.2, 0.25) is 0 Å². The van der Waals surface area contributed by atoms with E-state index in [0.29, 0.717) is 12.1 Å². The van der Waals surface area contributed by atoms with Crippen LogP contribution in [0.25, 0.3) is 11.4 Å². The van der Waals surface area contributed by atoms with E-state index in [1.54, 1.807) is 0 Å². The minimum absolute atomic E-state index is 0.101. The van der Waals surface area contributed by atoms with Gasteiger partial charge in [0.05, 0.1) is 0 Å². The highest BCUT2D eigenvalue weighted by Crippen LogP contribution is 2.20. The molecule has 0 unspecified atom stereocenters. The monoisotopic (exact) mass is 188 g/mol. The van der Waals surface area contributed by atoms with Gasteiger partial charge in [-0.05, 0) is 0 Å². The van der Waals surface area contributed by atoms with E-state index in [-0.39, 0.29) is 11.6 Å². The second kappa shape index (κ2) is 3.33. The van der Waals surface area contributed by atoms with E-state index < -0.39 is 0 Å². The van der Waals surface area contributed by atoms with Crippen molar-refractivity contribution in [1.29, 1.82) is 0 Å². The first kappa shape index (κ1) is 8.50. The number of benzene rings is 1. The molecular formula is C10H8N2O2. The molecule has 1 heterocycles. The van der Waals surface area contributed by atoms with Crippen molar-refractivity contribution in [3.05, 3.63) is 36.0 Å². The van der Waals surface area contributed by atoms with E-state index in [1.807, 2.05) is 30.3 Å². The number of aromatic nitrogens is 2. The van der Waals surface area contributed by atoms with Gasteiger partial charge in [0, 0.05) is 5.56 Å². The van der Waals surface area contributed by atoms with Crippen molar-refractivity contribution in [1.82, 2.24) is 9.97 Å². The Labute approximate surface area is 80.2 Å². The molecule has 0 bridgehead atoms. The van der Waals surface area contributed by atoms with E-state index in [0.717, 1.165) is 5.56 Å². The fraction of sp³-hybridized carbons (Fsp3) is 0. The summed E-state index contributed by atoms with van der Waals surface area (Å²) in [7, 11) is 0. The molecule has 4 heteroatoms. The summed E-state index contributed by atoms with van der Waals surface area (Å²) in [5, 5.41) is 9.22. The summed E-state index contributed by atoms with van der Waals surface area (Å²) in [6, 6.07) is 9.28. The van der Waals surface area contributed by atoms with Gasteiger partial charge in [-0.1, -0.05) is 30.3 Å². The standard InChI is InChI=1S/C10H8N2O2/c13-6-8-10(14)12-9(11-8)7-4-2-1-3-5-7/h1-6,14H,(H,11,12). The zero-order valence-electron chi connectivity index (χ0n) is 7.27. The molecule has 0 aliphatic carbocycles. The maximum atomic E-state index is 10.4. The molecule has 0 spiro atoms. The highest BCUT2D eigenvalue weighted by Gasteiger charge is 2.08. The highest BCUT2D eigenvalue weighted by molar-refractivity contribution is 5.77. The summed E-state index contributed by atoms with van der Waals surface area (Å²) >= 11 is 0. The van der Waals surface area contributed by atoms with Crippen LogP contribution >= 0.6 is 0 Å². The summed E-state index contributed by atoms with van der Waals surface area (Å²) in [6.07, 6.45) is 0.536. The Morgan fingerprint density at radius 3 is 2.57 bits per heavy atom. The van der Waals surface area contributed by atoms with Crippen LogP contribution in [0.4, 0.5) is 0 Å². The second-order valence-corrected chi connectivity index (χ2v) is 2.81. The summed E-state index contributed by atoms with van der Waals surface area (Å²) < 4.78 is 0. The Bertz CT molecular complexity index is 448. The van der Waals surface area contributed by atoms with Crippen LogP contribution in [0.3, 0.4) is 0 Å². The molecule has 0 saturated carbocycles. The second-order valence-electron chi connectivity index (χ2n) is 2.81. The van der Waals surface area contributed by atoms with Crippen LogP contribution in [0, 0.1) is 0 Å². The zero-order chi connectivity index (χ0) is 9.97. The van der Waals surface area contributed by atoms with Gasteiger partial charge in [-0.3, -0.25) is 4.79 Å². The third kappa shape index (κ3) is 1.37. The lowest BCUT2D eigenvalue weighted by Gasteiger charge is -1.93. The Balaban J connectivity index is 2.48. The highest BCUT2D eigenvalue weighted by atomic mass is 16.3. The molecule has 0 fully saturated rings. The molecule has 2 aromatic rings. The van der Waals surface area contributed by atoms with E-state index in [1.165, 1.54) is 0 Å². The largest absolute Gasteiger partial charge is 0.492 e. The number of aldehydes is 1. The SMILES string of the molecule is O=Cc1[nH]c(-c2ccccc2)nc1O. The number of aromatic hydroxyl groups is 1. The van der Waals surface area contributed by atoms with Crippen molar-refractivity contribution in [2.45, 2.75) is 0 Å². The molecule has 1 aromatic heterocycles. The normalized spacial score (nSPS) is 10.0. The van der Waals surface area contributed by atoms with Crippen molar-refractivity contribution in [3.63, 3.8) is 0 Å². The van der Waals surface area contributed by atoms with Crippen molar-refractivity contribution in [3.8, 4) is 17.3 Å². The molecule has 0 saturated heterocycles. The summed E-state index contributed by atoms with van der Waals surface area (Å²) in [4.78, 5) is 17.0. The molecular weight excluding hydrogens is 180 g/mol. The lowest BCUT2D eigenvalue weighted by Crippen LogP contribution is -1.80. The summed E-state index contributed by atoms with van der Waals surface area (Å²) in [6.45, 7) is 0. The number of rotatable bonds is 2. The number of carbonyl (C=O) groups excluding carboxylic acids is 1. The summed E-state index contributed by atoms with van der Waals surface area (Å²) in [5.41, 5.74) is 0.930. The first-order valence-electron chi connectivity index (χ1n) is 4.11. The third-order valence-corrected chi connectivity index (χ3v) is 1.88. The topological polar surface area (TPSA) is 66.0 Å². The van der Waals surface area contributed by atoms with Crippen LogP contribution in [-0.2, 0) is 0 Å². The molecule has 0 amide bonds. The number of H-pyrrole nitrogens is 1. The number of imidazole rings is 1. The Hall–Kier alpha value is -2.10. The van der Waals surface area contributed by atoms with Crippen molar-refractivity contribution < 1.29 is 9.90 Å². The molecule has 0 aliphatic rings. The van der Waals surface area contributed by atoms with Crippen LogP contribution in [0.5, 0.6) is 5.88 Å². The van der Waals surface area contributed by atoms with Gasteiger partial charge in [-0.25, -0.2) is 0 Å². The molecule has 0 atom stereocenters. The van der Waals surface area contributed by atoms with Crippen LogP contribution in [0.1, 0.15) is 10.5 Å². The van der Waals surface area contributed by atoms with Gasteiger partial charge in [-0.2, -0.15) is 4.98 Å². The molecule has 4 nitrogen and oxygen atoms in total. The fourth-order valence-corrected chi connectivity index (χ4v) is 1.19. The first-order chi connectivity index (χ1) is 6.81. The van der Waals surface area contributed by atoms with Gasteiger partial charge in [0.25, 0.3) is 0 Å². The number of nitrogens with one attached hydrogen (secondary N) is 1. The molecule has 0 radical (unpaired) electrons. The maximum Gasteiger partial charge on any atom is 0.240 e. The molecule has 2 N–H and O–H groups in total.